The molecule has 2 saturated heterocycles. The van der Waals surface area contributed by atoms with Gasteiger partial charge in [0.05, 0.1) is 38.3 Å². The smallest absolute Gasteiger partial charge is 0.126 e. The molecule has 4 rings (SSSR count). The molecule has 0 amide bonds. The van der Waals surface area contributed by atoms with Crippen molar-refractivity contribution in [2.45, 2.75) is 24.9 Å². The van der Waals surface area contributed by atoms with Crippen molar-refractivity contribution >= 4 is 0 Å². The van der Waals surface area contributed by atoms with Crippen LogP contribution in [-0.4, -0.2) is 61.0 Å². The molecule has 3 heterocycles. The molecule has 2 fully saturated rings. The van der Waals surface area contributed by atoms with Crippen LogP contribution < -0.4 is 4.74 Å². The van der Waals surface area contributed by atoms with Crippen LogP contribution >= 0.6 is 0 Å². The fraction of sp³-hybridized carbons (Fsp3) is 0.526. The van der Waals surface area contributed by atoms with Crippen molar-refractivity contribution < 1.29 is 14.2 Å². The Bertz CT molecular complexity index is 679. The second-order valence-electron chi connectivity index (χ2n) is 6.58. The number of rotatable bonds is 4. The first kappa shape index (κ1) is 16.6. The molecule has 1 aromatic heterocycles. The first-order valence-electron chi connectivity index (χ1n) is 8.95. The number of ether oxygens (including phenoxy) is 3. The fourth-order valence-corrected chi connectivity index (χ4v) is 3.73. The summed E-state index contributed by atoms with van der Waals surface area (Å²) in [5.41, 5.74) is 2.13. The second-order valence-corrected chi connectivity index (χ2v) is 6.58. The number of hydrogen-bond donors (Lipinski definition) is 1. The van der Waals surface area contributed by atoms with E-state index in [9.17, 15) is 0 Å². The summed E-state index contributed by atoms with van der Waals surface area (Å²) < 4.78 is 16.5. The van der Waals surface area contributed by atoms with Gasteiger partial charge in [0.1, 0.15) is 11.6 Å². The Kier molecular flexibility index (Phi) is 5.01. The van der Waals surface area contributed by atoms with Gasteiger partial charge in [0.25, 0.3) is 0 Å². The van der Waals surface area contributed by atoms with E-state index in [1.165, 1.54) is 0 Å². The van der Waals surface area contributed by atoms with Crippen LogP contribution in [0.2, 0.25) is 0 Å². The molecule has 0 saturated carbocycles. The van der Waals surface area contributed by atoms with Crippen molar-refractivity contribution in [3.63, 3.8) is 0 Å². The highest BCUT2D eigenvalue weighted by atomic mass is 16.5. The third-order valence-corrected chi connectivity index (χ3v) is 5.14. The highest BCUT2D eigenvalue weighted by molar-refractivity contribution is 5.59. The number of hydrogen-bond acceptors (Lipinski definition) is 5. The zero-order valence-corrected chi connectivity index (χ0v) is 14.6. The molecule has 1 aromatic carbocycles. The molecule has 0 aliphatic carbocycles. The molecule has 2 aliphatic heterocycles. The van der Waals surface area contributed by atoms with Gasteiger partial charge in [-0.05, 0) is 42.7 Å². The van der Waals surface area contributed by atoms with Crippen molar-refractivity contribution in [1.29, 1.82) is 0 Å². The third-order valence-electron chi connectivity index (χ3n) is 5.14. The minimum atomic E-state index is 0.184. The molecule has 1 atom stereocenters. The molecule has 2 aliphatic rings. The number of methoxy groups -OCH3 is 1. The number of nitrogens with one attached hydrogen (secondary N) is 1. The van der Waals surface area contributed by atoms with Crippen molar-refractivity contribution in [1.82, 2.24) is 14.9 Å². The number of nitrogens with zero attached hydrogens (tertiary/aromatic N) is 2. The molecular formula is C19H25N3O3. The van der Waals surface area contributed by atoms with Crippen LogP contribution in [0.3, 0.4) is 0 Å². The van der Waals surface area contributed by atoms with Gasteiger partial charge in [-0.25, -0.2) is 4.98 Å². The lowest BCUT2D eigenvalue weighted by atomic mass is 10.0. The largest absolute Gasteiger partial charge is 0.497 e. The maximum Gasteiger partial charge on any atom is 0.126 e. The Balaban J connectivity index is 1.54. The molecule has 6 heteroatoms. The quantitative estimate of drug-likeness (QED) is 0.925. The van der Waals surface area contributed by atoms with Gasteiger partial charge < -0.3 is 19.2 Å². The SMILES string of the molecule is COc1ccc(-c2cnc([C@@H]3COCCN3C3CCOCC3)[nH]2)cc1. The Morgan fingerprint density at radius 1 is 1.12 bits per heavy atom. The van der Waals surface area contributed by atoms with Gasteiger partial charge in [-0.3, -0.25) is 4.90 Å². The monoisotopic (exact) mass is 343 g/mol. The number of morpholine rings is 1. The first-order chi connectivity index (χ1) is 12.3. The summed E-state index contributed by atoms with van der Waals surface area (Å²) in [6, 6.07) is 8.76. The average molecular weight is 343 g/mol. The minimum absolute atomic E-state index is 0.184. The molecule has 0 unspecified atom stereocenters. The normalized spacial score (nSPS) is 22.8. The third kappa shape index (κ3) is 3.56. The highest BCUT2D eigenvalue weighted by Gasteiger charge is 2.33. The number of aromatic nitrogens is 2. The summed E-state index contributed by atoms with van der Waals surface area (Å²) in [6.45, 7) is 4.13. The predicted molar refractivity (Wildman–Crippen MR) is 94.7 cm³/mol. The van der Waals surface area contributed by atoms with Crippen LogP contribution in [0.5, 0.6) is 5.75 Å². The van der Waals surface area contributed by atoms with Crippen LogP contribution in [-0.2, 0) is 9.47 Å². The minimum Gasteiger partial charge on any atom is -0.497 e. The van der Waals surface area contributed by atoms with Crippen LogP contribution in [0.15, 0.2) is 30.5 Å². The first-order valence-corrected chi connectivity index (χ1v) is 8.95. The summed E-state index contributed by atoms with van der Waals surface area (Å²) in [4.78, 5) is 10.7. The molecule has 134 valence electrons. The van der Waals surface area contributed by atoms with Gasteiger partial charge in [0.15, 0.2) is 0 Å². The van der Waals surface area contributed by atoms with Crippen molar-refractivity contribution in [2.24, 2.45) is 0 Å². The van der Waals surface area contributed by atoms with E-state index >= 15 is 0 Å². The van der Waals surface area contributed by atoms with Gasteiger partial charge in [-0.1, -0.05) is 0 Å². The molecule has 0 radical (unpaired) electrons. The molecule has 0 bridgehead atoms. The lowest BCUT2D eigenvalue weighted by Gasteiger charge is -2.41. The predicted octanol–water partition coefficient (Wildman–Crippen LogP) is 2.64. The zero-order valence-electron chi connectivity index (χ0n) is 14.6. The summed E-state index contributed by atoms with van der Waals surface area (Å²) in [6.07, 6.45) is 4.08. The van der Waals surface area contributed by atoms with E-state index in [1.807, 2.05) is 30.5 Å². The average Bonchev–Trinajstić information content (AvgIpc) is 3.19. The molecule has 2 aromatic rings. The van der Waals surface area contributed by atoms with Crippen molar-refractivity contribution in [3.05, 3.63) is 36.3 Å². The van der Waals surface area contributed by atoms with Gasteiger partial charge in [-0.15, -0.1) is 0 Å². The topological polar surface area (TPSA) is 59.6 Å². The Morgan fingerprint density at radius 2 is 1.92 bits per heavy atom. The molecule has 25 heavy (non-hydrogen) atoms. The maximum absolute atomic E-state index is 5.75. The van der Waals surface area contributed by atoms with E-state index < -0.39 is 0 Å². The Morgan fingerprint density at radius 3 is 2.68 bits per heavy atom. The van der Waals surface area contributed by atoms with Crippen LogP contribution in [0.25, 0.3) is 11.3 Å². The van der Waals surface area contributed by atoms with Gasteiger partial charge in [0.2, 0.25) is 0 Å². The lowest BCUT2D eigenvalue weighted by molar-refractivity contribution is -0.0589. The molecule has 6 nitrogen and oxygen atoms in total. The van der Waals surface area contributed by atoms with Crippen molar-refractivity contribution in [2.75, 3.05) is 40.1 Å². The van der Waals surface area contributed by atoms with Crippen LogP contribution in [0.4, 0.5) is 0 Å². The van der Waals surface area contributed by atoms with Gasteiger partial charge in [-0.2, -0.15) is 0 Å². The summed E-state index contributed by atoms with van der Waals surface area (Å²) in [7, 11) is 1.68. The van der Waals surface area contributed by atoms with E-state index in [4.69, 9.17) is 14.2 Å². The lowest BCUT2D eigenvalue weighted by Crippen LogP contribution is -2.48. The number of aromatic amines is 1. The molecule has 1 N–H and O–H groups in total. The number of imidazole rings is 1. The Hall–Kier alpha value is -1.89. The van der Waals surface area contributed by atoms with Gasteiger partial charge >= 0.3 is 0 Å². The van der Waals surface area contributed by atoms with E-state index in [1.54, 1.807) is 7.11 Å². The van der Waals surface area contributed by atoms with Crippen LogP contribution in [0.1, 0.15) is 24.7 Å². The summed E-state index contributed by atoms with van der Waals surface area (Å²) in [5, 5.41) is 0. The van der Waals surface area contributed by atoms with E-state index in [0.717, 1.165) is 62.0 Å². The van der Waals surface area contributed by atoms with E-state index in [0.29, 0.717) is 12.6 Å². The van der Waals surface area contributed by atoms with Crippen molar-refractivity contribution in [3.8, 4) is 17.0 Å². The zero-order chi connectivity index (χ0) is 17.1. The molecular weight excluding hydrogens is 318 g/mol. The standard InChI is InChI=1S/C19H25N3O3/c1-23-16-4-2-14(3-5-16)17-12-20-19(21-17)18-13-25-11-8-22(18)15-6-9-24-10-7-15/h2-5,12,15,18H,6-11,13H2,1H3,(H,20,21)/t18-/m0/s1. The second kappa shape index (κ2) is 7.56. The van der Waals surface area contributed by atoms with E-state index in [2.05, 4.69) is 14.9 Å². The highest BCUT2D eigenvalue weighted by Crippen LogP contribution is 2.30. The maximum atomic E-state index is 5.75. The van der Waals surface area contributed by atoms with Gasteiger partial charge in [0, 0.05) is 25.8 Å². The fourth-order valence-electron chi connectivity index (χ4n) is 3.73. The number of benzene rings is 1. The van der Waals surface area contributed by atoms with Crippen LogP contribution in [0, 0.1) is 0 Å². The number of H-pyrrole nitrogens is 1. The summed E-state index contributed by atoms with van der Waals surface area (Å²) >= 11 is 0. The molecule has 0 spiro atoms. The van der Waals surface area contributed by atoms with E-state index in [-0.39, 0.29) is 6.04 Å². The summed E-state index contributed by atoms with van der Waals surface area (Å²) in [5.74, 6) is 1.84. The Labute approximate surface area is 148 Å².